The van der Waals surface area contributed by atoms with Gasteiger partial charge in [-0.1, -0.05) is 6.07 Å². The summed E-state index contributed by atoms with van der Waals surface area (Å²) in [7, 11) is 1.73. The maximum absolute atomic E-state index is 13.7. The quantitative estimate of drug-likeness (QED) is 0.664. The lowest BCUT2D eigenvalue weighted by atomic mass is 10.1. The van der Waals surface area contributed by atoms with Crippen LogP contribution in [0, 0.1) is 11.6 Å². The highest BCUT2D eigenvalue weighted by Gasteiger charge is 2.20. The Bertz CT molecular complexity index is 745. The van der Waals surface area contributed by atoms with E-state index in [1.54, 1.807) is 25.5 Å². The number of benzene rings is 1. The minimum Gasteiger partial charge on any atom is -0.356 e. The number of rotatable bonds is 4. The molecule has 2 heterocycles. The first kappa shape index (κ1) is 18.0. The molecule has 0 amide bonds. The number of hydrogen-bond acceptors (Lipinski definition) is 4. The fourth-order valence-corrected chi connectivity index (χ4v) is 2.94. The van der Waals surface area contributed by atoms with Gasteiger partial charge < -0.3 is 15.1 Å². The number of halogens is 2. The number of nitrogens with zero attached hydrogens (tertiary/aromatic N) is 5. The minimum atomic E-state index is -0.560. The van der Waals surface area contributed by atoms with Gasteiger partial charge in [-0.15, -0.1) is 0 Å². The molecule has 8 heteroatoms. The van der Waals surface area contributed by atoms with Crippen molar-refractivity contribution in [3.05, 3.63) is 53.9 Å². The van der Waals surface area contributed by atoms with Crippen LogP contribution in [0.15, 0.2) is 41.7 Å². The largest absolute Gasteiger partial charge is 0.356 e. The van der Waals surface area contributed by atoms with Gasteiger partial charge in [-0.05, 0) is 24.1 Å². The summed E-state index contributed by atoms with van der Waals surface area (Å²) < 4.78 is 26.6. The van der Waals surface area contributed by atoms with Crippen molar-refractivity contribution in [2.75, 3.05) is 44.7 Å². The number of hydrogen-bond donors (Lipinski definition) is 1. The van der Waals surface area contributed by atoms with Gasteiger partial charge in [0, 0.05) is 58.2 Å². The lowest BCUT2D eigenvalue weighted by molar-refractivity contribution is 0.370. The van der Waals surface area contributed by atoms with Crippen LogP contribution in [0.4, 0.5) is 14.7 Å². The summed E-state index contributed by atoms with van der Waals surface area (Å²) in [5, 5.41) is 3.25. The predicted octanol–water partition coefficient (Wildman–Crippen LogP) is 1.69. The average Bonchev–Trinajstić information content (AvgIpc) is 2.68. The summed E-state index contributed by atoms with van der Waals surface area (Å²) in [6.07, 6.45) is 3.94. The number of aromatic nitrogens is 2. The van der Waals surface area contributed by atoms with Crippen LogP contribution in [-0.2, 0) is 6.42 Å². The normalized spacial score (nSPS) is 15.3. The second-order valence-corrected chi connectivity index (χ2v) is 5.98. The van der Waals surface area contributed by atoms with Crippen molar-refractivity contribution >= 4 is 11.9 Å². The topological polar surface area (TPSA) is 56.7 Å². The maximum atomic E-state index is 13.7. The van der Waals surface area contributed by atoms with Crippen LogP contribution >= 0.6 is 0 Å². The standard InChI is InChI=1S/C18H22F2N6/c1-21-17(24-8-5-14-3-4-15(19)13-16(14)20)25-9-11-26(12-10-25)18-22-6-2-7-23-18/h2-4,6-7,13H,5,8-12H2,1H3,(H,21,24). The lowest BCUT2D eigenvalue weighted by Gasteiger charge is -2.36. The molecule has 0 spiro atoms. The Labute approximate surface area is 151 Å². The van der Waals surface area contributed by atoms with E-state index in [4.69, 9.17) is 0 Å². The Balaban J connectivity index is 1.49. The molecule has 1 aliphatic rings. The zero-order valence-corrected chi connectivity index (χ0v) is 14.7. The lowest BCUT2D eigenvalue weighted by Crippen LogP contribution is -2.53. The average molecular weight is 360 g/mol. The smallest absolute Gasteiger partial charge is 0.225 e. The Morgan fingerprint density at radius 1 is 1.15 bits per heavy atom. The molecule has 2 aromatic rings. The van der Waals surface area contributed by atoms with Gasteiger partial charge in [0.2, 0.25) is 5.95 Å². The van der Waals surface area contributed by atoms with E-state index in [1.807, 2.05) is 0 Å². The molecular formula is C18H22F2N6. The molecule has 1 aromatic heterocycles. The van der Waals surface area contributed by atoms with Crippen molar-refractivity contribution in [3.63, 3.8) is 0 Å². The summed E-state index contributed by atoms with van der Waals surface area (Å²) in [4.78, 5) is 17.2. The van der Waals surface area contributed by atoms with Gasteiger partial charge in [0.25, 0.3) is 0 Å². The molecule has 1 saturated heterocycles. The number of nitrogens with one attached hydrogen (secondary N) is 1. The van der Waals surface area contributed by atoms with Crippen LogP contribution in [0.2, 0.25) is 0 Å². The van der Waals surface area contributed by atoms with Gasteiger partial charge >= 0.3 is 0 Å². The summed E-state index contributed by atoms with van der Waals surface area (Å²) >= 11 is 0. The summed E-state index contributed by atoms with van der Waals surface area (Å²) in [6.45, 7) is 3.72. The van der Waals surface area contributed by atoms with Gasteiger partial charge in [-0.3, -0.25) is 4.99 Å². The Morgan fingerprint density at radius 2 is 1.88 bits per heavy atom. The van der Waals surface area contributed by atoms with Crippen molar-refractivity contribution < 1.29 is 8.78 Å². The first-order chi connectivity index (χ1) is 12.7. The first-order valence-corrected chi connectivity index (χ1v) is 8.59. The third-order valence-corrected chi connectivity index (χ3v) is 4.32. The molecule has 138 valence electrons. The van der Waals surface area contributed by atoms with Crippen molar-refractivity contribution in [2.24, 2.45) is 4.99 Å². The zero-order chi connectivity index (χ0) is 18.4. The monoisotopic (exact) mass is 360 g/mol. The molecule has 6 nitrogen and oxygen atoms in total. The van der Waals surface area contributed by atoms with Crippen molar-refractivity contribution in [1.82, 2.24) is 20.2 Å². The van der Waals surface area contributed by atoms with E-state index >= 15 is 0 Å². The molecule has 3 rings (SSSR count). The van der Waals surface area contributed by atoms with Crippen LogP contribution < -0.4 is 10.2 Å². The highest BCUT2D eigenvalue weighted by molar-refractivity contribution is 5.80. The van der Waals surface area contributed by atoms with E-state index < -0.39 is 11.6 Å². The van der Waals surface area contributed by atoms with Gasteiger partial charge in [-0.25, -0.2) is 18.7 Å². The molecule has 1 aromatic carbocycles. The van der Waals surface area contributed by atoms with E-state index in [0.717, 1.165) is 44.2 Å². The zero-order valence-electron chi connectivity index (χ0n) is 14.7. The molecule has 26 heavy (non-hydrogen) atoms. The van der Waals surface area contributed by atoms with Gasteiger partial charge in [0.1, 0.15) is 11.6 Å². The van der Waals surface area contributed by atoms with E-state index in [-0.39, 0.29) is 0 Å². The molecule has 0 saturated carbocycles. The Hall–Kier alpha value is -2.77. The van der Waals surface area contributed by atoms with Crippen LogP contribution in [0.3, 0.4) is 0 Å². The molecule has 0 radical (unpaired) electrons. The van der Waals surface area contributed by atoms with Crippen LogP contribution in [0.25, 0.3) is 0 Å². The maximum Gasteiger partial charge on any atom is 0.225 e. The fraction of sp³-hybridized carbons (Fsp3) is 0.389. The first-order valence-electron chi connectivity index (χ1n) is 8.59. The van der Waals surface area contributed by atoms with Crippen LogP contribution in [0.1, 0.15) is 5.56 Å². The number of anilines is 1. The van der Waals surface area contributed by atoms with E-state index in [1.165, 1.54) is 12.1 Å². The molecule has 1 aliphatic heterocycles. The van der Waals surface area contributed by atoms with E-state index in [2.05, 4.69) is 30.1 Å². The molecule has 0 unspecified atom stereocenters. The summed E-state index contributed by atoms with van der Waals surface area (Å²) in [5.41, 5.74) is 0.486. The van der Waals surface area contributed by atoms with Crippen LogP contribution in [-0.4, -0.2) is 60.6 Å². The Morgan fingerprint density at radius 3 is 2.54 bits per heavy atom. The molecule has 0 atom stereocenters. The van der Waals surface area contributed by atoms with E-state index in [9.17, 15) is 8.78 Å². The molecule has 0 aliphatic carbocycles. The fourth-order valence-electron chi connectivity index (χ4n) is 2.94. The highest BCUT2D eigenvalue weighted by atomic mass is 19.1. The van der Waals surface area contributed by atoms with Gasteiger partial charge in [0.15, 0.2) is 5.96 Å². The third kappa shape index (κ3) is 4.44. The van der Waals surface area contributed by atoms with Gasteiger partial charge in [0.05, 0.1) is 0 Å². The highest BCUT2D eigenvalue weighted by Crippen LogP contribution is 2.11. The number of piperazine rings is 1. The summed E-state index contributed by atoms with van der Waals surface area (Å²) in [5.74, 6) is 0.441. The molecule has 0 bridgehead atoms. The van der Waals surface area contributed by atoms with Gasteiger partial charge in [-0.2, -0.15) is 0 Å². The number of aliphatic imine (C=N–C) groups is 1. The summed E-state index contributed by atoms with van der Waals surface area (Å²) in [6, 6.07) is 5.47. The predicted molar refractivity (Wildman–Crippen MR) is 97.2 cm³/mol. The second-order valence-electron chi connectivity index (χ2n) is 5.98. The minimum absolute atomic E-state index is 0.461. The second kappa shape index (κ2) is 8.55. The SMILES string of the molecule is CN=C(NCCc1ccc(F)cc1F)N1CCN(c2ncccn2)CC1. The van der Waals surface area contributed by atoms with E-state index in [0.29, 0.717) is 18.5 Å². The van der Waals surface area contributed by atoms with Crippen molar-refractivity contribution in [3.8, 4) is 0 Å². The third-order valence-electron chi connectivity index (χ3n) is 4.32. The van der Waals surface area contributed by atoms with Crippen molar-refractivity contribution in [1.29, 1.82) is 0 Å². The van der Waals surface area contributed by atoms with Crippen molar-refractivity contribution in [2.45, 2.75) is 6.42 Å². The molecule has 1 N–H and O–H groups in total. The molecular weight excluding hydrogens is 338 g/mol. The Kier molecular flexibility index (Phi) is 5.93. The van der Waals surface area contributed by atoms with Crippen LogP contribution in [0.5, 0.6) is 0 Å². The number of guanidine groups is 1. The molecule has 1 fully saturated rings.